The van der Waals surface area contributed by atoms with Crippen molar-refractivity contribution in [2.24, 2.45) is 7.05 Å². The first kappa shape index (κ1) is 11.2. The molecule has 1 aliphatic rings. The topological polar surface area (TPSA) is 58.9 Å². The van der Waals surface area contributed by atoms with Gasteiger partial charge < -0.3 is 5.32 Å². The van der Waals surface area contributed by atoms with Gasteiger partial charge in [0.05, 0.1) is 5.69 Å². The van der Waals surface area contributed by atoms with Crippen molar-refractivity contribution >= 4 is 11.8 Å². The van der Waals surface area contributed by atoms with Crippen LogP contribution in [0.4, 0.5) is 11.8 Å². The molecule has 0 amide bonds. The van der Waals surface area contributed by atoms with Crippen LogP contribution in [0.2, 0.25) is 0 Å². The molecule has 0 bridgehead atoms. The predicted octanol–water partition coefficient (Wildman–Crippen LogP) is 1.21. The van der Waals surface area contributed by atoms with Crippen molar-refractivity contribution in [2.75, 3.05) is 12.4 Å². The highest BCUT2D eigenvalue weighted by atomic mass is 15.3. The van der Waals surface area contributed by atoms with Crippen molar-refractivity contribution in [1.29, 1.82) is 0 Å². The largest absolute Gasteiger partial charge is 0.307 e. The van der Waals surface area contributed by atoms with Crippen LogP contribution in [0.25, 0.3) is 0 Å². The average molecular weight is 244 g/mol. The lowest BCUT2D eigenvalue weighted by Gasteiger charge is -2.07. The van der Waals surface area contributed by atoms with E-state index in [2.05, 4.69) is 32.3 Å². The lowest BCUT2D eigenvalue weighted by molar-refractivity contribution is 0.344. The summed E-state index contributed by atoms with van der Waals surface area (Å²) in [7, 11) is 4.08. The Morgan fingerprint density at radius 1 is 1.28 bits per heavy atom. The summed E-state index contributed by atoms with van der Waals surface area (Å²) < 4.78 is 1.93. The van der Waals surface area contributed by atoms with Gasteiger partial charge in [-0.15, -0.1) is 0 Å². The highest BCUT2D eigenvalue weighted by molar-refractivity contribution is 5.55. The molecule has 6 nitrogen and oxygen atoms in total. The molecule has 3 rings (SSSR count). The second kappa shape index (κ2) is 4.06. The Morgan fingerprint density at radius 2 is 2.11 bits per heavy atom. The van der Waals surface area contributed by atoms with Gasteiger partial charge in [-0.25, -0.2) is 9.97 Å². The molecule has 0 saturated heterocycles. The summed E-state index contributed by atoms with van der Waals surface area (Å²) in [5.74, 6) is 1.47. The second-order valence-corrected chi connectivity index (χ2v) is 4.72. The molecule has 18 heavy (non-hydrogen) atoms. The SMILES string of the molecule is Cc1ccnc(Nc2nn(C)c3c2CN(C)C3)n1. The van der Waals surface area contributed by atoms with E-state index in [1.54, 1.807) is 6.20 Å². The van der Waals surface area contributed by atoms with Gasteiger partial charge in [0, 0.05) is 37.6 Å². The highest BCUT2D eigenvalue weighted by Crippen LogP contribution is 2.28. The van der Waals surface area contributed by atoms with E-state index in [1.165, 1.54) is 11.3 Å². The van der Waals surface area contributed by atoms with E-state index in [0.29, 0.717) is 5.95 Å². The van der Waals surface area contributed by atoms with Gasteiger partial charge in [0.1, 0.15) is 0 Å². The van der Waals surface area contributed by atoms with Crippen LogP contribution in [-0.4, -0.2) is 31.7 Å². The lowest BCUT2D eigenvalue weighted by atomic mass is 10.3. The summed E-state index contributed by atoms with van der Waals surface area (Å²) in [6.45, 7) is 3.80. The van der Waals surface area contributed by atoms with Gasteiger partial charge in [-0.3, -0.25) is 9.58 Å². The van der Waals surface area contributed by atoms with E-state index in [9.17, 15) is 0 Å². The minimum absolute atomic E-state index is 0.602. The first-order chi connectivity index (χ1) is 8.63. The summed E-state index contributed by atoms with van der Waals surface area (Å²) in [6.07, 6.45) is 1.75. The Labute approximate surface area is 106 Å². The molecular weight excluding hydrogens is 228 g/mol. The number of aromatic nitrogens is 4. The number of fused-ring (bicyclic) bond motifs is 1. The predicted molar refractivity (Wildman–Crippen MR) is 68.4 cm³/mol. The summed E-state index contributed by atoms with van der Waals surface area (Å²) in [4.78, 5) is 10.8. The smallest absolute Gasteiger partial charge is 0.228 e. The van der Waals surface area contributed by atoms with E-state index in [4.69, 9.17) is 0 Å². The molecule has 0 fully saturated rings. The first-order valence-electron chi connectivity index (χ1n) is 5.93. The third kappa shape index (κ3) is 1.84. The van der Waals surface area contributed by atoms with E-state index >= 15 is 0 Å². The van der Waals surface area contributed by atoms with E-state index < -0.39 is 0 Å². The van der Waals surface area contributed by atoms with Crippen molar-refractivity contribution in [1.82, 2.24) is 24.6 Å². The second-order valence-electron chi connectivity index (χ2n) is 4.72. The van der Waals surface area contributed by atoms with Crippen molar-refractivity contribution in [3.63, 3.8) is 0 Å². The normalized spacial score (nSPS) is 14.8. The molecular formula is C12H16N6. The van der Waals surface area contributed by atoms with Crippen LogP contribution >= 0.6 is 0 Å². The molecule has 0 aliphatic carbocycles. The molecule has 2 aromatic rings. The van der Waals surface area contributed by atoms with Gasteiger partial charge in [0.2, 0.25) is 5.95 Å². The van der Waals surface area contributed by atoms with Crippen LogP contribution in [0.3, 0.4) is 0 Å². The Hall–Kier alpha value is -1.95. The molecule has 0 aromatic carbocycles. The molecule has 2 aromatic heterocycles. The fraction of sp³-hybridized carbons (Fsp3) is 0.417. The van der Waals surface area contributed by atoms with Gasteiger partial charge in [-0.1, -0.05) is 0 Å². The third-order valence-corrected chi connectivity index (χ3v) is 3.15. The van der Waals surface area contributed by atoms with Crippen LogP contribution in [0.5, 0.6) is 0 Å². The zero-order chi connectivity index (χ0) is 12.7. The minimum atomic E-state index is 0.602. The number of anilines is 2. The molecule has 0 unspecified atom stereocenters. The quantitative estimate of drug-likeness (QED) is 0.860. The Kier molecular flexibility index (Phi) is 2.52. The average Bonchev–Trinajstić information content (AvgIpc) is 2.81. The number of nitrogens with one attached hydrogen (secondary N) is 1. The van der Waals surface area contributed by atoms with E-state index in [1.807, 2.05) is 24.7 Å². The third-order valence-electron chi connectivity index (χ3n) is 3.15. The summed E-state index contributed by atoms with van der Waals surface area (Å²) in [5, 5.41) is 7.70. The molecule has 0 radical (unpaired) electrons. The molecule has 6 heteroatoms. The number of nitrogens with zero attached hydrogens (tertiary/aromatic N) is 5. The molecule has 1 N–H and O–H groups in total. The van der Waals surface area contributed by atoms with Gasteiger partial charge in [0.25, 0.3) is 0 Å². The summed E-state index contributed by atoms with van der Waals surface area (Å²) >= 11 is 0. The number of hydrogen-bond acceptors (Lipinski definition) is 5. The maximum absolute atomic E-state index is 4.49. The first-order valence-corrected chi connectivity index (χ1v) is 5.93. The van der Waals surface area contributed by atoms with Gasteiger partial charge >= 0.3 is 0 Å². The zero-order valence-electron chi connectivity index (χ0n) is 10.8. The van der Waals surface area contributed by atoms with Crippen LogP contribution < -0.4 is 5.32 Å². The van der Waals surface area contributed by atoms with Crippen molar-refractivity contribution in [3.8, 4) is 0 Å². The van der Waals surface area contributed by atoms with Gasteiger partial charge in [0.15, 0.2) is 5.82 Å². The number of rotatable bonds is 2. The molecule has 0 saturated carbocycles. The lowest BCUT2D eigenvalue weighted by Crippen LogP contribution is -2.11. The van der Waals surface area contributed by atoms with E-state index in [0.717, 1.165) is 24.6 Å². The maximum atomic E-state index is 4.49. The van der Waals surface area contributed by atoms with E-state index in [-0.39, 0.29) is 0 Å². The van der Waals surface area contributed by atoms with Gasteiger partial charge in [-0.2, -0.15) is 5.10 Å². The van der Waals surface area contributed by atoms with Gasteiger partial charge in [-0.05, 0) is 20.0 Å². The van der Waals surface area contributed by atoms with Crippen molar-refractivity contribution in [3.05, 3.63) is 29.2 Å². The molecule has 1 aliphatic heterocycles. The minimum Gasteiger partial charge on any atom is -0.307 e. The highest BCUT2D eigenvalue weighted by Gasteiger charge is 2.24. The van der Waals surface area contributed by atoms with Crippen LogP contribution in [0.15, 0.2) is 12.3 Å². The number of aryl methyl sites for hydroxylation is 2. The molecule has 94 valence electrons. The molecule has 0 atom stereocenters. The summed E-state index contributed by atoms with van der Waals surface area (Å²) in [6, 6.07) is 1.88. The summed E-state index contributed by atoms with van der Waals surface area (Å²) in [5.41, 5.74) is 3.44. The number of hydrogen-bond donors (Lipinski definition) is 1. The zero-order valence-corrected chi connectivity index (χ0v) is 10.8. The van der Waals surface area contributed by atoms with Crippen LogP contribution in [0.1, 0.15) is 17.0 Å². The standard InChI is InChI=1S/C12H16N6/c1-8-4-5-13-12(14-8)15-11-9-6-17(2)7-10(9)18(3)16-11/h4-5H,6-7H2,1-3H3,(H,13,14,15,16). The Balaban J connectivity index is 1.93. The fourth-order valence-corrected chi connectivity index (χ4v) is 2.26. The van der Waals surface area contributed by atoms with Crippen molar-refractivity contribution in [2.45, 2.75) is 20.0 Å². The Bertz CT molecular complexity index is 588. The fourth-order valence-electron chi connectivity index (χ4n) is 2.26. The monoisotopic (exact) mass is 244 g/mol. The molecule has 3 heterocycles. The van der Waals surface area contributed by atoms with Crippen LogP contribution in [-0.2, 0) is 20.1 Å². The Morgan fingerprint density at radius 3 is 2.89 bits per heavy atom. The van der Waals surface area contributed by atoms with Crippen LogP contribution in [0, 0.1) is 6.92 Å². The van der Waals surface area contributed by atoms with Crippen molar-refractivity contribution < 1.29 is 0 Å². The molecule has 0 spiro atoms. The maximum Gasteiger partial charge on any atom is 0.228 e.